The Hall–Kier alpha value is -1.10. The summed E-state index contributed by atoms with van der Waals surface area (Å²) in [5, 5.41) is 1.57. The Balaban J connectivity index is 2.64. The van der Waals surface area contributed by atoms with Crippen LogP contribution in [0.25, 0.3) is 0 Å². The highest BCUT2D eigenvalue weighted by molar-refractivity contribution is 7.10. The van der Waals surface area contributed by atoms with E-state index in [2.05, 4.69) is 0 Å². The van der Waals surface area contributed by atoms with Crippen LogP contribution in [-0.4, -0.2) is 18.0 Å². The van der Waals surface area contributed by atoms with Gasteiger partial charge in [0.25, 0.3) is 6.43 Å². The molecule has 0 saturated heterocycles. The maximum absolute atomic E-state index is 11.8. The van der Waals surface area contributed by atoms with Gasteiger partial charge in [0, 0.05) is 15.8 Å². The van der Waals surface area contributed by atoms with E-state index in [0.717, 1.165) is 4.88 Å². The highest BCUT2D eigenvalue weighted by atomic mass is 32.1. The van der Waals surface area contributed by atoms with Gasteiger partial charge in [0.2, 0.25) is 5.78 Å². The van der Waals surface area contributed by atoms with Crippen LogP contribution >= 0.6 is 11.3 Å². The molecule has 0 atom stereocenters. The van der Waals surface area contributed by atoms with Gasteiger partial charge in [-0.25, -0.2) is 8.78 Å². The summed E-state index contributed by atoms with van der Waals surface area (Å²) < 4.78 is 23.6. The zero-order chi connectivity index (χ0) is 10.7. The van der Waals surface area contributed by atoms with E-state index < -0.39 is 24.4 Å². The standard InChI is InChI=1S/C9H8F2O2S/c1-5-2-6(4-14-5)7(12)3-8(13)9(10)11/h2,4,9H,3H2,1H3. The normalized spacial score (nSPS) is 10.6. The smallest absolute Gasteiger partial charge is 0.294 e. The molecule has 0 saturated carbocycles. The van der Waals surface area contributed by atoms with Crippen molar-refractivity contribution < 1.29 is 18.4 Å². The molecular weight excluding hydrogens is 210 g/mol. The molecule has 1 aromatic rings. The second kappa shape index (κ2) is 4.41. The Morgan fingerprint density at radius 3 is 2.57 bits per heavy atom. The molecule has 0 aromatic carbocycles. The number of Topliss-reactive ketones (excluding diaryl/α,β-unsaturated/α-hetero) is 2. The van der Waals surface area contributed by atoms with Gasteiger partial charge in [-0.05, 0) is 13.0 Å². The molecule has 0 fully saturated rings. The molecule has 14 heavy (non-hydrogen) atoms. The molecule has 0 radical (unpaired) electrons. The third-order valence-corrected chi connectivity index (χ3v) is 2.49. The number of carbonyl (C=O) groups is 2. The fraction of sp³-hybridized carbons (Fsp3) is 0.333. The van der Waals surface area contributed by atoms with E-state index >= 15 is 0 Å². The SMILES string of the molecule is Cc1cc(C(=O)CC(=O)C(F)F)cs1. The zero-order valence-corrected chi connectivity index (χ0v) is 8.24. The molecule has 1 heterocycles. The van der Waals surface area contributed by atoms with E-state index in [4.69, 9.17) is 0 Å². The number of hydrogen-bond donors (Lipinski definition) is 0. The second-order valence-electron chi connectivity index (χ2n) is 2.81. The molecule has 76 valence electrons. The van der Waals surface area contributed by atoms with Crippen LogP contribution in [0.5, 0.6) is 0 Å². The minimum atomic E-state index is -3.06. The van der Waals surface area contributed by atoms with Gasteiger partial charge in [-0.2, -0.15) is 0 Å². The Kier molecular flexibility index (Phi) is 3.46. The van der Waals surface area contributed by atoms with E-state index in [0.29, 0.717) is 5.56 Å². The van der Waals surface area contributed by atoms with E-state index in [1.807, 2.05) is 0 Å². The lowest BCUT2D eigenvalue weighted by atomic mass is 10.1. The Morgan fingerprint density at radius 1 is 1.50 bits per heavy atom. The lowest BCUT2D eigenvalue weighted by Gasteiger charge is -1.96. The molecule has 0 spiro atoms. The average Bonchev–Trinajstić information content (AvgIpc) is 2.51. The number of aryl methyl sites for hydroxylation is 1. The Bertz CT molecular complexity index is 357. The maximum Gasteiger partial charge on any atom is 0.296 e. The van der Waals surface area contributed by atoms with Crippen LogP contribution in [0, 0.1) is 6.92 Å². The van der Waals surface area contributed by atoms with E-state index in [-0.39, 0.29) is 0 Å². The third-order valence-electron chi connectivity index (χ3n) is 1.63. The zero-order valence-electron chi connectivity index (χ0n) is 7.42. The van der Waals surface area contributed by atoms with Crippen molar-refractivity contribution in [1.82, 2.24) is 0 Å². The monoisotopic (exact) mass is 218 g/mol. The summed E-state index contributed by atoms with van der Waals surface area (Å²) in [6.07, 6.45) is -3.77. The first kappa shape index (κ1) is 11.0. The fourth-order valence-electron chi connectivity index (χ4n) is 0.927. The van der Waals surface area contributed by atoms with E-state index in [1.165, 1.54) is 11.3 Å². The summed E-state index contributed by atoms with van der Waals surface area (Å²) in [6.45, 7) is 1.80. The average molecular weight is 218 g/mol. The first-order valence-corrected chi connectivity index (χ1v) is 4.78. The van der Waals surface area contributed by atoms with Crippen LogP contribution in [0.1, 0.15) is 21.7 Å². The first-order chi connectivity index (χ1) is 6.50. The van der Waals surface area contributed by atoms with Crippen molar-refractivity contribution in [3.63, 3.8) is 0 Å². The van der Waals surface area contributed by atoms with Gasteiger partial charge in [-0.1, -0.05) is 0 Å². The molecule has 0 aliphatic heterocycles. The summed E-state index contributed by atoms with van der Waals surface area (Å²) in [4.78, 5) is 22.7. The van der Waals surface area contributed by atoms with Crippen molar-refractivity contribution >= 4 is 22.9 Å². The number of thiophene rings is 1. The number of halogens is 2. The number of carbonyl (C=O) groups excluding carboxylic acids is 2. The van der Waals surface area contributed by atoms with Gasteiger partial charge in [0.05, 0.1) is 6.42 Å². The fourth-order valence-corrected chi connectivity index (χ4v) is 1.63. The Morgan fingerprint density at radius 2 is 2.14 bits per heavy atom. The summed E-state index contributed by atoms with van der Waals surface area (Å²) in [5.74, 6) is -1.86. The topological polar surface area (TPSA) is 34.1 Å². The summed E-state index contributed by atoms with van der Waals surface area (Å²) >= 11 is 1.35. The van der Waals surface area contributed by atoms with Crippen molar-refractivity contribution in [3.05, 3.63) is 21.9 Å². The van der Waals surface area contributed by atoms with Gasteiger partial charge < -0.3 is 0 Å². The number of hydrogen-bond acceptors (Lipinski definition) is 3. The summed E-state index contributed by atoms with van der Waals surface area (Å²) in [6, 6.07) is 1.59. The quantitative estimate of drug-likeness (QED) is 0.574. The minimum Gasteiger partial charge on any atom is -0.294 e. The van der Waals surface area contributed by atoms with Gasteiger partial charge in [-0.3, -0.25) is 9.59 Å². The van der Waals surface area contributed by atoms with Crippen LogP contribution in [0.2, 0.25) is 0 Å². The number of alkyl halides is 2. The molecule has 0 N–H and O–H groups in total. The molecule has 0 aliphatic carbocycles. The van der Waals surface area contributed by atoms with Gasteiger partial charge >= 0.3 is 0 Å². The molecule has 2 nitrogen and oxygen atoms in total. The van der Waals surface area contributed by atoms with Crippen molar-refractivity contribution in [2.45, 2.75) is 19.8 Å². The van der Waals surface area contributed by atoms with Crippen LogP contribution in [0.4, 0.5) is 8.78 Å². The lowest BCUT2D eigenvalue weighted by molar-refractivity contribution is -0.128. The van der Waals surface area contributed by atoms with Gasteiger partial charge in [0.1, 0.15) is 0 Å². The van der Waals surface area contributed by atoms with Crippen LogP contribution in [-0.2, 0) is 4.79 Å². The molecular formula is C9H8F2O2S. The maximum atomic E-state index is 11.8. The summed E-state index contributed by atoms with van der Waals surface area (Å²) in [7, 11) is 0. The highest BCUT2D eigenvalue weighted by Crippen LogP contribution is 2.15. The van der Waals surface area contributed by atoms with Crippen molar-refractivity contribution in [1.29, 1.82) is 0 Å². The predicted molar refractivity (Wildman–Crippen MR) is 49.0 cm³/mol. The van der Waals surface area contributed by atoms with Crippen LogP contribution in [0.3, 0.4) is 0 Å². The van der Waals surface area contributed by atoms with Crippen molar-refractivity contribution in [3.8, 4) is 0 Å². The van der Waals surface area contributed by atoms with Crippen molar-refractivity contribution in [2.24, 2.45) is 0 Å². The molecule has 0 aliphatic rings. The molecule has 1 aromatic heterocycles. The molecule has 1 rings (SSSR count). The van der Waals surface area contributed by atoms with Gasteiger partial charge in [-0.15, -0.1) is 11.3 Å². The highest BCUT2D eigenvalue weighted by Gasteiger charge is 2.20. The number of rotatable bonds is 4. The number of ketones is 2. The lowest BCUT2D eigenvalue weighted by Crippen LogP contribution is -2.14. The third kappa shape index (κ3) is 2.70. The van der Waals surface area contributed by atoms with Crippen LogP contribution < -0.4 is 0 Å². The second-order valence-corrected chi connectivity index (χ2v) is 3.93. The molecule has 0 amide bonds. The molecule has 0 unspecified atom stereocenters. The van der Waals surface area contributed by atoms with E-state index in [1.54, 1.807) is 18.4 Å². The van der Waals surface area contributed by atoms with Crippen molar-refractivity contribution in [2.75, 3.05) is 0 Å². The first-order valence-electron chi connectivity index (χ1n) is 3.90. The Labute approximate surface area is 83.6 Å². The molecule has 0 bridgehead atoms. The van der Waals surface area contributed by atoms with Gasteiger partial charge in [0.15, 0.2) is 5.78 Å². The predicted octanol–water partition coefficient (Wildman–Crippen LogP) is 2.46. The minimum absolute atomic E-state index is 0.335. The van der Waals surface area contributed by atoms with E-state index in [9.17, 15) is 18.4 Å². The molecule has 5 heteroatoms. The van der Waals surface area contributed by atoms with Crippen LogP contribution in [0.15, 0.2) is 11.4 Å². The largest absolute Gasteiger partial charge is 0.296 e. The summed E-state index contributed by atoms with van der Waals surface area (Å²) in [5.41, 5.74) is 0.335.